The fourth-order valence-corrected chi connectivity index (χ4v) is 2.21. The van der Waals surface area contributed by atoms with E-state index in [1.807, 2.05) is 6.20 Å². The molecule has 0 N–H and O–H groups in total. The van der Waals surface area contributed by atoms with Crippen LogP contribution in [0.3, 0.4) is 0 Å². The number of nitrogens with zero attached hydrogens (tertiary/aromatic N) is 3. The van der Waals surface area contributed by atoms with E-state index in [0.717, 1.165) is 6.54 Å². The van der Waals surface area contributed by atoms with Crippen LogP contribution >= 0.6 is 0 Å². The average molecular weight is 193 g/mol. The Morgan fingerprint density at radius 1 is 1.36 bits per heavy atom. The molecule has 14 heavy (non-hydrogen) atoms. The number of likely N-dealkylation sites (tertiary alicyclic amines) is 1. The highest BCUT2D eigenvalue weighted by Crippen LogP contribution is 2.29. The zero-order chi connectivity index (χ0) is 10.2. The van der Waals surface area contributed by atoms with E-state index in [-0.39, 0.29) is 0 Å². The first-order valence-corrected chi connectivity index (χ1v) is 5.39. The minimum atomic E-state index is 0.300. The van der Waals surface area contributed by atoms with Crippen molar-refractivity contribution in [1.29, 1.82) is 0 Å². The van der Waals surface area contributed by atoms with Crippen LogP contribution in [0.1, 0.15) is 27.2 Å². The number of hydrogen-bond donors (Lipinski definition) is 0. The lowest BCUT2D eigenvalue weighted by molar-refractivity contribution is 0.167. The minimum absolute atomic E-state index is 0.300. The van der Waals surface area contributed by atoms with E-state index in [9.17, 15) is 0 Å². The van der Waals surface area contributed by atoms with Crippen LogP contribution in [0, 0.1) is 5.92 Å². The fraction of sp³-hybridized carbons (Fsp3) is 0.818. The van der Waals surface area contributed by atoms with E-state index in [4.69, 9.17) is 0 Å². The molecule has 1 saturated heterocycles. The standard InChI is InChI=1S/C11H19N3/c1-11(2,3)14-7-5-9(8-14)10-4-6-12-13-10/h4,6,9-10H,5,7-8H2,1-3H3/t9-,10?/m0/s1. The van der Waals surface area contributed by atoms with E-state index in [0.29, 0.717) is 17.5 Å². The van der Waals surface area contributed by atoms with Crippen molar-refractivity contribution in [3.05, 3.63) is 12.3 Å². The molecule has 78 valence electrons. The van der Waals surface area contributed by atoms with E-state index < -0.39 is 0 Å². The molecule has 1 unspecified atom stereocenters. The Bertz CT molecular complexity index is 250. The smallest absolute Gasteiger partial charge is 0.0951 e. The summed E-state index contributed by atoms with van der Waals surface area (Å²) in [7, 11) is 0. The topological polar surface area (TPSA) is 28.0 Å². The Hall–Kier alpha value is -0.700. The first kappa shape index (κ1) is 9.84. The summed E-state index contributed by atoms with van der Waals surface area (Å²) in [6.07, 6.45) is 5.20. The molecule has 3 nitrogen and oxygen atoms in total. The van der Waals surface area contributed by atoms with Crippen molar-refractivity contribution in [3.63, 3.8) is 0 Å². The van der Waals surface area contributed by atoms with E-state index in [1.54, 1.807) is 0 Å². The third-order valence-electron chi connectivity index (χ3n) is 3.21. The van der Waals surface area contributed by atoms with Gasteiger partial charge in [-0.3, -0.25) is 4.90 Å². The lowest BCUT2D eigenvalue weighted by Gasteiger charge is -2.31. The monoisotopic (exact) mass is 193 g/mol. The molecule has 0 aromatic heterocycles. The molecular weight excluding hydrogens is 174 g/mol. The van der Waals surface area contributed by atoms with Crippen LogP contribution in [0.4, 0.5) is 0 Å². The van der Waals surface area contributed by atoms with Crippen molar-refractivity contribution in [2.24, 2.45) is 16.1 Å². The van der Waals surface area contributed by atoms with Crippen LogP contribution < -0.4 is 0 Å². The molecule has 0 saturated carbocycles. The summed E-state index contributed by atoms with van der Waals surface area (Å²) in [5.41, 5.74) is 0.300. The second-order valence-corrected chi connectivity index (χ2v) is 5.23. The Morgan fingerprint density at radius 2 is 2.14 bits per heavy atom. The van der Waals surface area contributed by atoms with Gasteiger partial charge in [0.25, 0.3) is 0 Å². The predicted molar refractivity (Wildman–Crippen MR) is 57.2 cm³/mol. The van der Waals surface area contributed by atoms with Gasteiger partial charge in [-0.25, -0.2) is 0 Å². The van der Waals surface area contributed by atoms with Crippen molar-refractivity contribution in [1.82, 2.24) is 4.90 Å². The van der Waals surface area contributed by atoms with Crippen molar-refractivity contribution in [2.45, 2.75) is 38.8 Å². The van der Waals surface area contributed by atoms with Crippen LogP contribution in [-0.4, -0.2) is 29.6 Å². The minimum Gasteiger partial charge on any atom is -0.298 e. The van der Waals surface area contributed by atoms with E-state index in [2.05, 4.69) is 42.0 Å². The molecule has 0 spiro atoms. The summed E-state index contributed by atoms with van der Waals surface area (Å²) in [5.74, 6) is 0.678. The van der Waals surface area contributed by atoms with Crippen LogP contribution in [0.2, 0.25) is 0 Å². The van der Waals surface area contributed by atoms with Gasteiger partial charge in [0.2, 0.25) is 0 Å². The third-order valence-corrected chi connectivity index (χ3v) is 3.21. The Labute approximate surface area is 85.9 Å². The van der Waals surface area contributed by atoms with E-state index in [1.165, 1.54) is 13.0 Å². The second-order valence-electron chi connectivity index (χ2n) is 5.23. The third kappa shape index (κ3) is 1.87. The highest BCUT2D eigenvalue weighted by Gasteiger charge is 2.34. The predicted octanol–water partition coefficient (Wildman–Crippen LogP) is 2.45. The van der Waals surface area contributed by atoms with Gasteiger partial charge in [0.1, 0.15) is 0 Å². The van der Waals surface area contributed by atoms with Gasteiger partial charge in [-0.15, -0.1) is 0 Å². The highest BCUT2D eigenvalue weighted by molar-refractivity contribution is 5.03. The molecule has 0 aliphatic carbocycles. The van der Waals surface area contributed by atoms with Gasteiger partial charge >= 0.3 is 0 Å². The maximum absolute atomic E-state index is 4.22. The Balaban J connectivity index is 1.95. The van der Waals surface area contributed by atoms with Crippen molar-refractivity contribution in [3.8, 4) is 0 Å². The highest BCUT2D eigenvalue weighted by atomic mass is 15.2. The lowest BCUT2D eigenvalue weighted by atomic mass is 10.00. The molecule has 0 aromatic carbocycles. The molecule has 2 aliphatic heterocycles. The molecule has 2 aliphatic rings. The molecular formula is C11H19N3. The first-order chi connectivity index (χ1) is 6.57. The summed E-state index contributed by atoms with van der Waals surface area (Å²) in [5, 5.41) is 8.14. The molecule has 1 fully saturated rings. The molecule has 2 atom stereocenters. The zero-order valence-corrected chi connectivity index (χ0v) is 9.27. The van der Waals surface area contributed by atoms with Gasteiger partial charge in [-0.1, -0.05) is 0 Å². The van der Waals surface area contributed by atoms with Crippen LogP contribution in [0.5, 0.6) is 0 Å². The summed E-state index contributed by atoms with van der Waals surface area (Å²) < 4.78 is 0. The van der Waals surface area contributed by atoms with Gasteiger partial charge in [0.15, 0.2) is 0 Å². The molecule has 0 aromatic rings. The van der Waals surface area contributed by atoms with Crippen molar-refractivity contribution < 1.29 is 0 Å². The maximum Gasteiger partial charge on any atom is 0.0951 e. The van der Waals surface area contributed by atoms with Crippen LogP contribution in [0.25, 0.3) is 0 Å². The van der Waals surface area contributed by atoms with Gasteiger partial charge in [-0.2, -0.15) is 10.2 Å². The summed E-state index contributed by atoms with van der Waals surface area (Å²) in [6.45, 7) is 9.20. The first-order valence-electron chi connectivity index (χ1n) is 5.39. The van der Waals surface area contributed by atoms with Crippen molar-refractivity contribution in [2.75, 3.05) is 13.1 Å². The number of hydrogen-bond acceptors (Lipinski definition) is 3. The fourth-order valence-electron chi connectivity index (χ4n) is 2.21. The Morgan fingerprint density at radius 3 is 2.64 bits per heavy atom. The van der Waals surface area contributed by atoms with Crippen molar-refractivity contribution >= 4 is 0 Å². The normalized spacial score (nSPS) is 33.1. The largest absolute Gasteiger partial charge is 0.298 e. The van der Waals surface area contributed by atoms with E-state index >= 15 is 0 Å². The molecule has 2 heterocycles. The Kier molecular flexibility index (Phi) is 2.43. The van der Waals surface area contributed by atoms with Crippen LogP contribution in [-0.2, 0) is 0 Å². The molecule has 2 rings (SSSR count). The molecule has 0 bridgehead atoms. The molecule has 0 amide bonds. The summed E-state index contributed by atoms with van der Waals surface area (Å²) in [4.78, 5) is 2.54. The van der Waals surface area contributed by atoms with Gasteiger partial charge in [0.05, 0.1) is 6.04 Å². The molecule has 3 heteroatoms. The second kappa shape index (κ2) is 3.46. The summed E-state index contributed by atoms with van der Waals surface area (Å²) >= 11 is 0. The average Bonchev–Trinajstić information content (AvgIpc) is 2.73. The van der Waals surface area contributed by atoms with Gasteiger partial charge < -0.3 is 0 Å². The van der Waals surface area contributed by atoms with Crippen LogP contribution in [0.15, 0.2) is 22.5 Å². The van der Waals surface area contributed by atoms with Gasteiger partial charge in [0, 0.05) is 24.2 Å². The molecule has 0 radical (unpaired) electrons. The zero-order valence-electron chi connectivity index (χ0n) is 9.27. The quantitative estimate of drug-likeness (QED) is 0.628. The summed E-state index contributed by atoms with van der Waals surface area (Å²) in [6, 6.07) is 0.349. The SMILES string of the molecule is CC(C)(C)N1CC[C@H](C2C=CN=N2)C1. The van der Waals surface area contributed by atoms with Gasteiger partial charge in [-0.05, 0) is 39.8 Å². The lowest BCUT2D eigenvalue weighted by Crippen LogP contribution is -2.40. The number of rotatable bonds is 1. The number of azo groups is 1. The maximum atomic E-state index is 4.22.